The summed E-state index contributed by atoms with van der Waals surface area (Å²) in [6.07, 6.45) is 0.663. The molecular weight excluding hydrogens is 584 g/mol. The molecular formula is C36H44N4O6. The van der Waals surface area contributed by atoms with Gasteiger partial charge in [-0.3, -0.25) is 4.79 Å². The van der Waals surface area contributed by atoms with E-state index in [9.17, 15) is 15.0 Å². The summed E-state index contributed by atoms with van der Waals surface area (Å²) in [5.41, 5.74) is 13.7. The Labute approximate surface area is 269 Å². The Hall–Kier alpha value is -4.09. The van der Waals surface area contributed by atoms with Crippen LogP contribution in [0, 0.1) is 13.8 Å². The van der Waals surface area contributed by atoms with E-state index in [1.807, 2.05) is 45.0 Å². The number of methoxy groups -OCH3 is 1. The van der Waals surface area contributed by atoms with E-state index in [2.05, 4.69) is 16.9 Å². The number of ether oxygens (including phenoxy) is 1. The second kappa shape index (κ2) is 13.7. The van der Waals surface area contributed by atoms with Crippen molar-refractivity contribution in [3.8, 4) is 0 Å². The van der Waals surface area contributed by atoms with Gasteiger partial charge in [0.05, 0.1) is 55.8 Å². The summed E-state index contributed by atoms with van der Waals surface area (Å²) in [4.78, 5) is 39.4. The van der Waals surface area contributed by atoms with E-state index >= 15 is 0 Å². The average Bonchev–Trinajstić information content (AvgIpc) is 3.67. The molecule has 2 atom stereocenters. The van der Waals surface area contributed by atoms with E-state index in [1.165, 1.54) is 14.2 Å². The van der Waals surface area contributed by atoms with Crippen LogP contribution in [0.3, 0.4) is 0 Å². The summed E-state index contributed by atoms with van der Waals surface area (Å²) in [7, 11) is 2.89. The first-order chi connectivity index (χ1) is 21.9. The van der Waals surface area contributed by atoms with Gasteiger partial charge in [0.1, 0.15) is 0 Å². The van der Waals surface area contributed by atoms with Crippen LogP contribution in [0.2, 0.25) is 0 Å². The Morgan fingerprint density at radius 2 is 1.24 bits per heavy atom. The molecule has 244 valence electrons. The highest BCUT2D eigenvalue weighted by Gasteiger charge is 2.23. The topological polar surface area (TPSA) is 143 Å². The molecule has 0 spiro atoms. The summed E-state index contributed by atoms with van der Waals surface area (Å²) < 4.78 is 4.95. The maximum Gasteiger partial charge on any atom is 0.305 e. The number of aromatic amines is 2. The van der Waals surface area contributed by atoms with Gasteiger partial charge in [0.2, 0.25) is 0 Å². The van der Waals surface area contributed by atoms with E-state index in [4.69, 9.17) is 24.5 Å². The Kier molecular flexibility index (Phi) is 9.93. The Bertz CT molecular complexity index is 1890. The fourth-order valence-corrected chi connectivity index (χ4v) is 6.57. The lowest BCUT2D eigenvalue weighted by Crippen LogP contribution is -2.00. The fourth-order valence-electron chi connectivity index (χ4n) is 6.57. The molecule has 4 N–H and O–H groups in total. The van der Waals surface area contributed by atoms with Crippen LogP contribution in [0.15, 0.2) is 24.3 Å². The number of hydrogen-bond donors (Lipinski definition) is 4. The van der Waals surface area contributed by atoms with Gasteiger partial charge in [0.15, 0.2) is 0 Å². The number of allylic oxidation sites excluding steroid dienone is 4. The summed E-state index contributed by atoms with van der Waals surface area (Å²) in [5, 5.41) is 21.7. The molecule has 0 fully saturated rings. The second-order valence-corrected chi connectivity index (χ2v) is 12.1. The van der Waals surface area contributed by atoms with Crippen molar-refractivity contribution in [1.29, 1.82) is 0 Å². The summed E-state index contributed by atoms with van der Waals surface area (Å²) in [6.45, 7) is 12.0. The smallest absolute Gasteiger partial charge is 0.305 e. The normalized spacial score (nSPS) is 14.7. The van der Waals surface area contributed by atoms with Crippen LogP contribution in [-0.2, 0) is 19.3 Å². The molecule has 0 amide bonds. The molecule has 46 heavy (non-hydrogen) atoms. The first-order valence-electron chi connectivity index (χ1n) is 15.7. The first kappa shape index (κ1) is 33.3. The highest BCUT2D eigenvalue weighted by atomic mass is 17.2. The lowest BCUT2D eigenvalue weighted by atomic mass is 9.98. The zero-order valence-electron chi connectivity index (χ0n) is 27.9. The van der Waals surface area contributed by atoms with Gasteiger partial charge in [-0.05, 0) is 118 Å². The van der Waals surface area contributed by atoms with Crippen LogP contribution in [0.25, 0.3) is 44.4 Å². The van der Waals surface area contributed by atoms with Crippen molar-refractivity contribution in [1.82, 2.24) is 19.9 Å². The van der Waals surface area contributed by atoms with E-state index in [1.54, 1.807) is 13.8 Å². The molecule has 0 aromatic carbocycles. The van der Waals surface area contributed by atoms with Crippen LogP contribution in [0.4, 0.5) is 0 Å². The predicted octanol–water partition coefficient (Wildman–Crippen LogP) is 7.21. The van der Waals surface area contributed by atoms with Crippen molar-refractivity contribution >= 4 is 50.3 Å². The molecule has 3 aromatic rings. The van der Waals surface area contributed by atoms with E-state index in [-0.39, 0.29) is 12.4 Å². The third-order valence-electron chi connectivity index (χ3n) is 9.05. The van der Waals surface area contributed by atoms with Crippen molar-refractivity contribution < 1.29 is 29.5 Å². The van der Waals surface area contributed by atoms with Crippen molar-refractivity contribution in [2.45, 2.75) is 79.4 Å². The monoisotopic (exact) mass is 628 g/mol. The number of aryl methyl sites for hydroxylation is 2. The minimum atomic E-state index is -0.739. The number of nitrogens with zero attached hydrogens (tertiary/aromatic N) is 2. The van der Waals surface area contributed by atoms with Gasteiger partial charge in [-0.1, -0.05) is 0 Å². The minimum absolute atomic E-state index is 0.219. The molecule has 5 rings (SSSR count). The maximum atomic E-state index is 12.2. The van der Waals surface area contributed by atoms with Gasteiger partial charge >= 0.3 is 5.97 Å². The van der Waals surface area contributed by atoms with E-state index in [0.717, 1.165) is 95.8 Å². The second-order valence-electron chi connectivity index (χ2n) is 12.1. The Balaban J connectivity index is 1.89. The highest BCUT2D eigenvalue weighted by molar-refractivity contribution is 5.96. The Morgan fingerprint density at radius 3 is 1.76 bits per heavy atom. The number of carbonyl (C=O) groups is 1. The number of hydrogen-bond acceptors (Lipinski definition) is 8. The zero-order chi connectivity index (χ0) is 33.3. The molecule has 3 aromatic heterocycles. The molecule has 2 aliphatic heterocycles. The average molecular weight is 629 g/mol. The minimum Gasteiger partial charge on any atom is -0.469 e. The third kappa shape index (κ3) is 6.43. The number of esters is 1. The quantitative estimate of drug-likeness (QED) is 0.0798. The van der Waals surface area contributed by atoms with Crippen LogP contribution in [0.5, 0.6) is 0 Å². The predicted molar refractivity (Wildman–Crippen MR) is 180 cm³/mol. The van der Waals surface area contributed by atoms with Gasteiger partial charge in [0, 0.05) is 39.6 Å². The first-order valence-corrected chi connectivity index (χ1v) is 15.7. The van der Waals surface area contributed by atoms with Crippen molar-refractivity contribution in [3.63, 3.8) is 0 Å². The lowest BCUT2D eigenvalue weighted by Gasteiger charge is -2.06. The van der Waals surface area contributed by atoms with E-state index in [0.29, 0.717) is 19.4 Å². The fraction of sp³-hybridized carbons (Fsp3) is 0.417. The van der Waals surface area contributed by atoms with Crippen LogP contribution >= 0.6 is 0 Å². The van der Waals surface area contributed by atoms with Crippen LogP contribution in [-0.4, -0.2) is 56.9 Å². The number of rotatable bonds is 10. The largest absolute Gasteiger partial charge is 0.469 e. The number of aliphatic hydroxyl groups excluding tert-OH is 2. The standard InChI is InChI=1S/C36H44N4O6/c1-18-24(10-9-13-46-45-8)30-17-31-25(11-12-34(43)44-7)19(2)27(38-31)15-32-36(23(6)42)21(4)29(40-32)16-33-35(22(5)41)20(3)28(39-33)14-26(18)37-30/h14-17,22-23,39-42H,9-13H2,1-8H3. The zero-order valence-corrected chi connectivity index (χ0v) is 27.9. The molecule has 5 heterocycles. The number of carbonyl (C=O) groups excluding carboxylic acids is 1. The Morgan fingerprint density at radius 1 is 0.739 bits per heavy atom. The molecule has 10 nitrogen and oxygen atoms in total. The number of aromatic nitrogens is 4. The van der Waals surface area contributed by atoms with Gasteiger partial charge in [-0.15, -0.1) is 0 Å². The van der Waals surface area contributed by atoms with Crippen molar-refractivity contribution in [3.05, 3.63) is 69.3 Å². The van der Waals surface area contributed by atoms with Gasteiger partial charge in [-0.2, -0.15) is 0 Å². The van der Waals surface area contributed by atoms with Gasteiger partial charge < -0.3 is 24.9 Å². The molecule has 0 saturated carbocycles. The molecule has 0 radical (unpaired) electrons. The maximum absolute atomic E-state index is 12.2. The van der Waals surface area contributed by atoms with Crippen LogP contribution in [0.1, 0.15) is 111 Å². The highest BCUT2D eigenvalue weighted by Crippen LogP contribution is 2.39. The molecule has 2 aliphatic rings. The van der Waals surface area contributed by atoms with Crippen molar-refractivity contribution in [2.24, 2.45) is 0 Å². The molecule has 10 heteroatoms. The van der Waals surface area contributed by atoms with Crippen LogP contribution < -0.4 is 0 Å². The molecule has 0 saturated heterocycles. The summed E-state index contributed by atoms with van der Waals surface area (Å²) in [5.74, 6) is -0.290. The summed E-state index contributed by atoms with van der Waals surface area (Å²) in [6, 6.07) is 7.98. The SMILES string of the molecule is COOCCCC1=C(C)c2cc3[nH]c(cc4[nH]c(cc5nc(cc1n2)C(CCC(=O)OC)=C5C)c(C(C)O)c4C)c(C(C)O)c3C. The number of aliphatic hydroxyl groups is 2. The molecule has 2 unspecified atom stereocenters. The van der Waals surface area contributed by atoms with Gasteiger partial charge in [-0.25, -0.2) is 19.7 Å². The summed E-state index contributed by atoms with van der Waals surface area (Å²) >= 11 is 0. The van der Waals surface area contributed by atoms with E-state index < -0.39 is 12.2 Å². The van der Waals surface area contributed by atoms with Crippen molar-refractivity contribution in [2.75, 3.05) is 20.8 Å². The molecule has 8 bridgehead atoms. The number of fused-ring (bicyclic) bond motifs is 8. The molecule has 0 aliphatic carbocycles. The third-order valence-corrected chi connectivity index (χ3v) is 9.05. The number of nitrogens with one attached hydrogen (secondary N) is 2. The van der Waals surface area contributed by atoms with Gasteiger partial charge in [0.25, 0.3) is 0 Å². The lowest BCUT2D eigenvalue weighted by molar-refractivity contribution is -0.272. The number of H-pyrrole nitrogens is 2.